The summed E-state index contributed by atoms with van der Waals surface area (Å²) in [6, 6.07) is 7.69. The predicted molar refractivity (Wildman–Crippen MR) is 74.5 cm³/mol. The molecule has 0 aliphatic carbocycles. The Kier molecular flexibility index (Phi) is 3.31. The monoisotopic (exact) mass is 231 g/mol. The highest BCUT2D eigenvalue weighted by Crippen LogP contribution is 2.33. The van der Waals surface area contributed by atoms with Crippen molar-refractivity contribution in [2.75, 3.05) is 13.6 Å². The second-order valence-electron chi connectivity index (χ2n) is 6.06. The van der Waals surface area contributed by atoms with Crippen LogP contribution in [0, 0.1) is 0 Å². The Labute approximate surface area is 106 Å². The van der Waals surface area contributed by atoms with Gasteiger partial charge in [0.25, 0.3) is 0 Å². The highest BCUT2D eigenvalue weighted by atomic mass is 15.1. The molecule has 0 amide bonds. The van der Waals surface area contributed by atoms with Crippen LogP contribution in [0.2, 0.25) is 0 Å². The van der Waals surface area contributed by atoms with Crippen LogP contribution in [0.1, 0.15) is 56.8 Å². The molecule has 1 aliphatic rings. The molecule has 94 valence electrons. The minimum atomic E-state index is 0.296. The van der Waals surface area contributed by atoms with Gasteiger partial charge in [-0.3, -0.25) is 4.90 Å². The Hall–Kier alpha value is -0.820. The summed E-state index contributed by atoms with van der Waals surface area (Å²) in [7, 11) is 2.23. The van der Waals surface area contributed by atoms with E-state index in [1.807, 2.05) is 0 Å². The highest BCUT2D eigenvalue weighted by molar-refractivity contribution is 5.38. The maximum atomic E-state index is 2.45. The molecule has 1 heteroatoms. The van der Waals surface area contributed by atoms with Crippen LogP contribution in [0.15, 0.2) is 18.2 Å². The van der Waals surface area contributed by atoms with E-state index in [1.165, 1.54) is 30.5 Å². The Balaban J connectivity index is 2.42. The lowest BCUT2D eigenvalue weighted by Gasteiger charge is -2.34. The standard InChI is InChI=1S/C16H25N/c1-6-16(3,4)14-8-7-13-9-10-17(5)12(2)15(13)11-14/h7-8,11-12H,6,9-10H2,1-5H3. The molecule has 1 atom stereocenters. The fourth-order valence-electron chi connectivity index (χ4n) is 2.56. The fourth-order valence-corrected chi connectivity index (χ4v) is 2.56. The molecule has 0 radical (unpaired) electrons. The topological polar surface area (TPSA) is 3.24 Å². The molecular weight excluding hydrogens is 206 g/mol. The third kappa shape index (κ3) is 2.26. The van der Waals surface area contributed by atoms with Crippen LogP contribution in [0.4, 0.5) is 0 Å². The van der Waals surface area contributed by atoms with Crippen LogP contribution in [0.25, 0.3) is 0 Å². The molecule has 1 nitrogen and oxygen atoms in total. The lowest BCUT2D eigenvalue weighted by molar-refractivity contribution is 0.247. The van der Waals surface area contributed by atoms with E-state index in [1.54, 1.807) is 5.56 Å². The third-order valence-corrected chi connectivity index (χ3v) is 4.66. The number of benzene rings is 1. The second kappa shape index (κ2) is 4.45. The SMILES string of the molecule is CCC(C)(C)c1ccc2c(c1)C(C)N(C)CC2. The zero-order chi connectivity index (χ0) is 12.6. The number of likely N-dealkylation sites (N-methyl/N-ethyl adjacent to an activating group) is 1. The van der Waals surface area contributed by atoms with Gasteiger partial charge in [0, 0.05) is 12.6 Å². The van der Waals surface area contributed by atoms with E-state index in [0.29, 0.717) is 11.5 Å². The van der Waals surface area contributed by atoms with Gasteiger partial charge in [-0.05, 0) is 48.9 Å². The smallest absolute Gasteiger partial charge is 0.0319 e. The molecule has 1 aromatic rings. The largest absolute Gasteiger partial charge is 0.299 e. The molecule has 1 aromatic carbocycles. The molecule has 0 spiro atoms. The molecule has 1 aliphatic heterocycles. The van der Waals surface area contributed by atoms with Crippen LogP contribution in [-0.4, -0.2) is 18.5 Å². The number of hydrogen-bond acceptors (Lipinski definition) is 1. The minimum absolute atomic E-state index is 0.296. The predicted octanol–water partition coefficient (Wildman–Crippen LogP) is 3.92. The Morgan fingerprint density at radius 2 is 2.06 bits per heavy atom. The third-order valence-electron chi connectivity index (χ3n) is 4.66. The molecule has 0 saturated heterocycles. The molecule has 0 aromatic heterocycles. The number of nitrogens with zero attached hydrogens (tertiary/aromatic N) is 1. The summed E-state index contributed by atoms with van der Waals surface area (Å²) in [4.78, 5) is 2.45. The van der Waals surface area contributed by atoms with Gasteiger partial charge < -0.3 is 0 Å². The van der Waals surface area contributed by atoms with E-state index >= 15 is 0 Å². The Morgan fingerprint density at radius 3 is 2.71 bits per heavy atom. The van der Waals surface area contributed by atoms with Gasteiger partial charge in [0.15, 0.2) is 0 Å². The Morgan fingerprint density at radius 1 is 1.35 bits per heavy atom. The van der Waals surface area contributed by atoms with Gasteiger partial charge in [-0.15, -0.1) is 0 Å². The van der Waals surface area contributed by atoms with E-state index in [4.69, 9.17) is 0 Å². The van der Waals surface area contributed by atoms with E-state index in [9.17, 15) is 0 Å². The summed E-state index contributed by atoms with van der Waals surface area (Å²) in [5, 5.41) is 0. The van der Waals surface area contributed by atoms with E-state index in [2.05, 4.69) is 57.8 Å². The van der Waals surface area contributed by atoms with Crippen molar-refractivity contribution in [2.24, 2.45) is 0 Å². The maximum absolute atomic E-state index is 2.45. The molecule has 0 N–H and O–H groups in total. The van der Waals surface area contributed by atoms with E-state index in [0.717, 1.165) is 0 Å². The second-order valence-corrected chi connectivity index (χ2v) is 6.06. The summed E-state index contributed by atoms with van der Waals surface area (Å²) in [5.74, 6) is 0. The number of hydrogen-bond donors (Lipinski definition) is 0. The van der Waals surface area contributed by atoms with Gasteiger partial charge >= 0.3 is 0 Å². The molecular formula is C16H25N. The van der Waals surface area contributed by atoms with Gasteiger partial charge in [0.05, 0.1) is 0 Å². The number of fused-ring (bicyclic) bond motifs is 1. The van der Waals surface area contributed by atoms with Gasteiger partial charge in [0.2, 0.25) is 0 Å². The van der Waals surface area contributed by atoms with Gasteiger partial charge in [-0.1, -0.05) is 39.0 Å². The molecule has 0 fully saturated rings. The fraction of sp³-hybridized carbons (Fsp3) is 0.625. The van der Waals surface area contributed by atoms with Crippen LogP contribution in [0.3, 0.4) is 0 Å². The van der Waals surface area contributed by atoms with Crippen molar-refractivity contribution in [1.29, 1.82) is 0 Å². The zero-order valence-corrected chi connectivity index (χ0v) is 11.9. The van der Waals surface area contributed by atoms with Crippen molar-refractivity contribution in [3.63, 3.8) is 0 Å². The first kappa shape index (κ1) is 12.6. The number of rotatable bonds is 2. The van der Waals surface area contributed by atoms with Crippen molar-refractivity contribution < 1.29 is 0 Å². The molecule has 17 heavy (non-hydrogen) atoms. The van der Waals surface area contributed by atoms with Crippen molar-refractivity contribution >= 4 is 0 Å². The molecule has 0 bridgehead atoms. The zero-order valence-electron chi connectivity index (χ0n) is 11.9. The van der Waals surface area contributed by atoms with Crippen LogP contribution < -0.4 is 0 Å². The van der Waals surface area contributed by atoms with Crippen LogP contribution >= 0.6 is 0 Å². The Bertz CT molecular complexity index is 406. The van der Waals surface area contributed by atoms with Crippen LogP contribution in [-0.2, 0) is 11.8 Å². The quantitative estimate of drug-likeness (QED) is 0.745. The first-order valence-corrected chi connectivity index (χ1v) is 6.79. The van der Waals surface area contributed by atoms with Crippen molar-refractivity contribution in [2.45, 2.75) is 52.0 Å². The average molecular weight is 231 g/mol. The minimum Gasteiger partial charge on any atom is -0.299 e. The van der Waals surface area contributed by atoms with Gasteiger partial charge in [-0.2, -0.15) is 0 Å². The molecule has 0 saturated carbocycles. The molecule has 1 unspecified atom stereocenters. The van der Waals surface area contributed by atoms with Crippen molar-refractivity contribution in [3.05, 3.63) is 34.9 Å². The normalized spacial score (nSPS) is 21.4. The summed E-state index contributed by atoms with van der Waals surface area (Å²) in [6.45, 7) is 10.5. The van der Waals surface area contributed by atoms with E-state index < -0.39 is 0 Å². The highest BCUT2D eigenvalue weighted by Gasteiger charge is 2.24. The van der Waals surface area contributed by atoms with Crippen molar-refractivity contribution in [3.8, 4) is 0 Å². The average Bonchev–Trinajstić information content (AvgIpc) is 2.33. The molecule has 2 rings (SSSR count). The van der Waals surface area contributed by atoms with Gasteiger partial charge in [0.1, 0.15) is 0 Å². The summed E-state index contributed by atoms with van der Waals surface area (Å²) < 4.78 is 0. The first-order valence-electron chi connectivity index (χ1n) is 6.79. The van der Waals surface area contributed by atoms with Crippen molar-refractivity contribution in [1.82, 2.24) is 4.90 Å². The summed E-state index contributed by atoms with van der Waals surface area (Å²) >= 11 is 0. The van der Waals surface area contributed by atoms with Gasteiger partial charge in [-0.25, -0.2) is 0 Å². The van der Waals surface area contributed by atoms with Crippen LogP contribution in [0.5, 0.6) is 0 Å². The lowest BCUT2D eigenvalue weighted by atomic mass is 9.79. The summed E-state index contributed by atoms with van der Waals surface area (Å²) in [6.07, 6.45) is 2.39. The first-order chi connectivity index (χ1) is 7.95. The summed E-state index contributed by atoms with van der Waals surface area (Å²) in [5.41, 5.74) is 4.87. The lowest BCUT2D eigenvalue weighted by Crippen LogP contribution is -2.31. The molecule has 1 heterocycles. The van der Waals surface area contributed by atoms with E-state index in [-0.39, 0.29) is 0 Å². The maximum Gasteiger partial charge on any atom is 0.0319 e.